The number of nitrogens with zero attached hydrogens (tertiary/aromatic N) is 7. The Kier molecular flexibility index (Phi) is 8.04. The number of tetrazole rings is 1. The lowest BCUT2D eigenvalue weighted by atomic mass is 10.0. The minimum absolute atomic E-state index is 0.125. The number of nitrogens with one attached hydrogen (secondary N) is 2. The first kappa shape index (κ1) is 28.9. The number of hydrogen-bond acceptors (Lipinski definition) is 9. The van der Waals surface area contributed by atoms with Crippen molar-refractivity contribution in [1.82, 2.24) is 45.0 Å². The van der Waals surface area contributed by atoms with Crippen molar-refractivity contribution in [2.45, 2.75) is 18.9 Å². The standard InChI is InChI=1S/C29H27Cl2N9O3S/c30-18-1-3-21(39-16-33-36-37-39)20(15-18)17-13-19-2-4-22(40(19)25(41)14-17)28-34-26(27(31)35-28)23-5-6-24(44-23)29(42)32-7-8-38-9-11-43-12-10-38/h1,3,5-6,13-16,22H,2,4,7-12H2,(H,32,42)(H,34,35)/t22-/m0/s1. The summed E-state index contributed by atoms with van der Waals surface area (Å²) in [5.74, 6) is 0.473. The SMILES string of the molecule is O=C(NCCN1CCOCC1)c1ccc(-c2[nH]c([C@@H]3CCc4cc(-c5cc(Cl)ccc5-n5cnnn5)cc(=O)n43)nc2Cl)s1. The van der Waals surface area contributed by atoms with E-state index in [0.717, 1.165) is 54.5 Å². The number of carbonyl (C=O) groups is 1. The number of benzene rings is 1. The lowest BCUT2D eigenvalue weighted by molar-refractivity contribution is 0.0383. The maximum Gasteiger partial charge on any atom is 0.261 e. The summed E-state index contributed by atoms with van der Waals surface area (Å²) >= 11 is 14.3. The Morgan fingerprint density at radius 2 is 2.00 bits per heavy atom. The molecule has 2 N–H and O–H groups in total. The lowest BCUT2D eigenvalue weighted by Crippen LogP contribution is -2.41. The summed E-state index contributed by atoms with van der Waals surface area (Å²) in [6, 6.07) is 12.3. The minimum Gasteiger partial charge on any atom is -0.379 e. The smallest absolute Gasteiger partial charge is 0.261 e. The van der Waals surface area contributed by atoms with Gasteiger partial charge in [-0.3, -0.25) is 14.5 Å². The number of aromatic amines is 1. The van der Waals surface area contributed by atoms with Crippen molar-refractivity contribution in [2.75, 3.05) is 39.4 Å². The third-order valence-corrected chi connectivity index (χ3v) is 9.50. The van der Waals surface area contributed by atoms with Crippen LogP contribution in [-0.4, -0.2) is 84.9 Å². The average Bonchev–Trinajstić information content (AvgIpc) is 3.84. The van der Waals surface area contributed by atoms with Crippen LogP contribution in [-0.2, 0) is 11.2 Å². The number of thiophene rings is 1. The van der Waals surface area contributed by atoms with E-state index in [2.05, 4.69) is 35.7 Å². The number of pyridine rings is 1. The minimum atomic E-state index is -0.306. The molecule has 0 unspecified atom stereocenters. The highest BCUT2D eigenvalue weighted by Crippen LogP contribution is 2.37. The zero-order valence-corrected chi connectivity index (χ0v) is 25.7. The zero-order chi connectivity index (χ0) is 30.2. The van der Waals surface area contributed by atoms with E-state index < -0.39 is 0 Å². The van der Waals surface area contributed by atoms with Gasteiger partial charge in [-0.25, -0.2) is 4.98 Å². The summed E-state index contributed by atoms with van der Waals surface area (Å²) in [6.07, 6.45) is 2.85. The molecule has 44 heavy (non-hydrogen) atoms. The number of aromatic nitrogens is 7. The second kappa shape index (κ2) is 12.3. The van der Waals surface area contributed by atoms with Gasteiger partial charge in [0, 0.05) is 48.5 Å². The van der Waals surface area contributed by atoms with Gasteiger partial charge < -0.3 is 19.6 Å². The maximum absolute atomic E-state index is 13.6. The molecule has 4 aromatic heterocycles. The molecule has 7 rings (SSSR count). The number of rotatable bonds is 8. The number of hydrogen-bond donors (Lipinski definition) is 2. The molecule has 1 fully saturated rings. The van der Waals surface area contributed by atoms with Gasteiger partial charge in [0.25, 0.3) is 11.5 Å². The summed E-state index contributed by atoms with van der Waals surface area (Å²) in [6.45, 7) is 4.56. The zero-order valence-electron chi connectivity index (χ0n) is 23.4. The molecule has 6 heterocycles. The molecule has 5 aromatic rings. The van der Waals surface area contributed by atoms with Gasteiger partial charge in [-0.2, -0.15) is 4.68 Å². The van der Waals surface area contributed by atoms with Gasteiger partial charge in [-0.05, 0) is 65.2 Å². The number of morpholine rings is 1. The van der Waals surface area contributed by atoms with Crippen LogP contribution >= 0.6 is 34.5 Å². The summed E-state index contributed by atoms with van der Waals surface area (Å²) in [7, 11) is 0. The van der Waals surface area contributed by atoms with Crippen molar-refractivity contribution in [3.05, 3.63) is 85.7 Å². The van der Waals surface area contributed by atoms with Crippen LogP contribution < -0.4 is 10.9 Å². The number of aryl methyl sites for hydroxylation is 1. The largest absolute Gasteiger partial charge is 0.379 e. The van der Waals surface area contributed by atoms with Crippen LogP contribution in [0.5, 0.6) is 0 Å². The predicted molar refractivity (Wildman–Crippen MR) is 167 cm³/mol. The van der Waals surface area contributed by atoms with Gasteiger partial charge >= 0.3 is 0 Å². The fourth-order valence-electron chi connectivity index (χ4n) is 5.74. The Bertz CT molecular complexity index is 1880. The van der Waals surface area contributed by atoms with Crippen LogP contribution in [0.25, 0.3) is 27.4 Å². The van der Waals surface area contributed by atoms with E-state index in [1.165, 1.54) is 22.3 Å². The highest BCUT2D eigenvalue weighted by Gasteiger charge is 2.29. The summed E-state index contributed by atoms with van der Waals surface area (Å²) < 4.78 is 8.67. The molecule has 0 bridgehead atoms. The predicted octanol–water partition coefficient (Wildman–Crippen LogP) is 3.85. The van der Waals surface area contributed by atoms with E-state index in [0.29, 0.717) is 51.6 Å². The Morgan fingerprint density at radius 3 is 2.82 bits per heavy atom. The van der Waals surface area contributed by atoms with Crippen LogP contribution in [0.4, 0.5) is 0 Å². The van der Waals surface area contributed by atoms with Gasteiger partial charge in [-0.1, -0.05) is 23.2 Å². The summed E-state index contributed by atoms with van der Waals surface area (Å²) in [5.41, 5.74) is 3.52. The molecule has 2 aliphatic heterocycles. The molecular weight excluding hydrogens is 625 g/mol. The first-order valence-corrected chi connectivity index (χ1v) is 15.7. The highest BCUT2D eigenvalue weighted by atomic mass is 35.5. The van der Waals surface area contributed by atoms with Gasteiger partial charge in [-0.15, -0.1) is 16.4 Å². The van der Waals surface area contributed by atoms with E-state index in [4.69, 9.17) is 27.9 Å². The first-order chi connectivity index (χ1) is 21.4. The van der Waals surface area contributed by atoms with Crippen molar-refractivity contribution in [1.29, 1.82) is 0 Å². The monoisotopic (exact) mass is 651 g/mol. The van der Waals surface area contributed by atoms with Gasteiger partial charge in [0.05, 0.1) is 40.4 Å². The van der Waals surface area contributed by atoms with E-state index in [-0.39, 0.29) is 17.5 Å². The normalized spacial score (nSPS) is 16.7. The number of carbonyl (C=O) groups excluding carboxylic acids is 1. The number of imidazole rings is 1. The van der Waals surface area contributed by atoms with Crippen LogP contribution in [0.2, 0.25) is 10.2 Å². The van der Waals surface area contributed by atoms with Crippen LogP contribution in [0.15, 0.2) is 53.6 Å². The molecule has 0 aliphatic carbocycles. The van der Waals surface area contributed by atoms with Gasteiger partial charge in [0.1, 0.15) is 12.2 Å². The Morgan fingerprint density at radius 1 is 1.14 bits per heavy atom. The molecule has 15 heteroatoms. The van der Waals surface area contributed by atoms with E-state index >= 15 is 0 Å². The fourth-order valence-corrected chi connectivity index (χ4v) is 7.14. The molecule has 1 atom stereocenters. The quantitative estimate of drug-likeness (QED) is 0.258. The molecule has 2 aliphatic rings. The van der Waals surface area contributed by atoms with Crippen molar-refractivity contribution >= 4 is 40.4 Å². The van der Waals surface area contributed by atoms with Crippen LogP contribution in [0.1, 0.15) is 33.7 Å². The topological polar surface area (TPSA) is 136 Å². The Labute approximate surface area is 265 Å². The number of amides is 1. The molecule has 226 valence electrons. The maximum atomic E-state index is 13.6. The molecule has 0 spiro atoms. The fraction of sp³-hybridized carbons (Fsp3) is 0.310. The summed E-state index contributed by atoms with van der Waals surface area (Å²) in [5, 5.41) is 15.3. The van der Waals surface area contributed by atoms with Crippen molar-refractivity contribution in [3.63, 3.8) is 0 Å². The van der Waals surface area contributed by atoms with Crippen LogP contribution in [0.3, 0.4) is 0 Å². The van der Waals surface area contributed by atoms with E-state index in [1.807, 2.05) is 18.2 Å². The number of ether oxygens (including phenoxy) is 1. The van der Waals surface area contributed by atoms with Gasteiger partial charge in [0.15, 0.2) is 5.15 Å². The third kappa shape index (κ3) is 5.69. The highest BCUT2D eigenvalue weighted by molar-refractivity contribution is 7.17. The molecular formula is C29H27Cl2N9O3S. The average molecular weight is 653 g/mol. The molecule has 1 amide bonds. The Balaban J connectivity index is 1.10. The molecule has 1 aromatic carbocycles. The van der Waals surface area contributed by atoms with Crippen LogP contribution in [0, 0.1) is 0 Å². The van der Waals surface area contributed by atoms with Crippen molar-refractivity contribution < 1.29 is 9.53 Å². The number of H-pyrrole nitrogens is 1. The van der Waals surface area contributed by atoms with E-state index in [9.17, 15) is 9.59 Å². The molecule has 12 nitrogen and oxygen atoms in total. The second-order valence-electron chi connectivity index (χ2n) is 10.6. The molecule has 1 saturated heterocycles. The number of fused-ring (bicyclic) bond motifs is 1. The van der Waals surface area contributed by atoms with Crippen molar-refractivity contribution in [3.8, 4) is 27.4 Å². The van der Waals surface area contributed by atoms with E-state index in [1.54, 1.807) is 28.8 Å². The third-order valence-electron chi connectivity index (χ3n) is 7.89. The number of halogens is 2. The second-order valence-corrected chi connectivity index (χ2v) is 12.5. The molecule has 0 radical (unpaired) electrons. The van der Waals surface area contributed by atoms with Gasteiger partial charge in [0.2, 0.25) is 0 Å². The Hall–Kier alpha value is -3.88. The summed E-state index contributed by atoms with van der Waals surface area (Å²) in [4.78, 5) is 37.9. The first-order valence-electron chi connectivity index (χ1n) is 14.2. The van der Waals surface area contributed by atoms with Crippen molar-refractivity contribution in [2.24, 2.45) is 0 Å². The lowest BCUT2D eigenvalue weighted by Gasteiger charge is -2.26. The molecule has 0 saturated carbocycles.